The van der Waals surface area contributed by atoms with Crippen LogP contribution in [0.3, 0.4) is 0 Å². The summed E-state index contributed by atoms with van der Waals surface area (Å²) in [7, 11) is 0. The van der Waals surface area contributed by atoms with E-state index in [2.05, 4.69) is 38.3 Å². The lowest BCUT2D eigenvalue weighted by molar-refractivity contribution is 0.0961. The molecule has 0 bridgehead atoms. The zero-order valence-corrected chi connectivity index (χ0v) is 14.2. The maximum atomic E-state index is 12.3. The first-order chi connectivity index (χ1) is 11.2. The molecule has 0 spiro atoms. The molecule has 0 N–H and O–H groups in total. The summed E-state index contributed by atoms with van der Waals surface area (Å²) >= 11 is 3.39. The van der Waals surface area contributed by atoms with Crippen LogP contribution in [0.4, 0.5) is 0 Å². The van der Waals surface area contributed by atoms with Crippen LogP contribution in [-0.2, 0) is 13.0 Å². The van der Waals surface area contributed by atoms with E-state index in [1.54, 1.807) is 0 Å². The number of aromatic nitrogens is 4. The second-order valence-corrected chi connectivity index (χ2v) is 6.04. The molecule has 1 aromatic heterocycles. The van der Waals surface area contributed by atoms with Gasteiger partial charge in [-0.05, 0) is 41.5 Å². The van der Waals surface area contributed by atoms with Gasteiger partial charge in [-0.2, -0.15) is 4.80 Å². The van der Waals surface area contributed by atoms with Gasteiger partial charge < -0.3 is 0 Å². The van der Waals surface area contributed by atoms with E-state index < -0.39 is 0 Å². The minimum Gasteiger partial charge on any atom is -0.292 e. The summed E-state index contributed by atoms with van der Waals surface area (Å²) in [4.78, 5) is 13.6. The minimum absolute atomic E-state index is 0.0348. The molecular formula is C17H15BrN4O. The van der Waals surface area contributed by atoms with Crippen molar-refractivity contribution in [1.29, 1.82) is 0 Å². The van der Waals surface area contributed by atoms with E-state index >= 15 is 0 Å². The molecule has 0 aliphatic carbocycles. The number of ketones is 1. The average molecular weight is 371 g/mol. The van der Waals surface area contributed by atoms with Crippen molar-refractivity contribution >= 4 is 21.7 Å². The molecule has 0 atom stereocenters. The molecule has 3 aromatic rings. The van der Waals surface area contributed by atoms with Crippen LogP contribution >= 0.6 is 15.9 Å². The topological polar surface area (TPSA) is 60.7 Å². The van der Waals surface area contributed by atoms with Crippen molar-refractivity contribution < 1.29 is 4.79 Å². The summed E-state index contributed by atoms with van der Waals surface area (Å²) in [5, 5.41) is 12.2. The molecule has 0 radical (unpaired) electrons. The predicted molar refractivity (Wildman–Crippen MR) is 91.1 cm³/mol. The average Bonchev–Trinajstić information content (AvgIpc) is 3.04. The van der Waals surface area contributed by atoms with Gasteiger partial charge in [-0.1, -0.05) is 47.1 Å². The highest BCUT2D eigenvalue weighted by Crippen LogP contribution is 2.17. The zero-order valence-electron chi connectivity index (χ0n) is 12.6. The minimum atomic E-state index is -0.0348. The smallest absolute Gasteiger partial charge is 0.204 e. The number of Topliss-reactive ketones (excluding diaryl/α,β-unsaturated/α-hetero) is 1. The van der Waals surface area contributed by atoms with Crippen molar-refractivity contribution in [2.75, 3.05) is 0 Å². The highest BCUT2D eigenvalue weighted by Gasteiger charge is 2.11. The van der Waals surface area contributed by atoms with Gasteiger partial charge in [0, 0.05) is 15.6 Å². The highest BCUT2D eigenvalue weighted by atomic mass is 79.9. The number of nitrogens with zero attached hydrogens (tertiary/aromatic N) is 4. The second kappa shape index (κ2) is 6.83. The Balaban J connectivity index is 1.73. The van der Waals surface area contributed by atoms with Crippen LogP contribution in [-0.4, -0.2) is 26.0 Å². The molecular weight excluding hydrogens is 356 g/mol. The van der Waals surface area contributed by atoms with Crippen molar-refractivity contribution in [3.05, 3.63) is 64.1 Å². The standard InChI is InChI=1S/C17H15BrN4O/c1-2-12-3-5-13(6-4-12)16(23)11-22-20-17(19-21-22)14-7-9-15(18)10-8-14/h3-10H,2,11H2,1H3. The Kier molecular flexibility index (Phi) is 4.62. The summed E-state index contributed by atoms with van der Waals surface area (Å²) in [6.45, 7) is 2.16. The number of halogens is 1. The van der Waals surface area contributed by atoms with Gasteiger partial charge in [0.25, 0.3) is 0 Å². The number of aryl methyl sites for hydroxylation is 1. The summed E-state index contributed by atoms with van der Waals surface area (Å²) in [5.41, 5.74) is 2.72. The maximum absolute atomic E-state index is 12.3. The van der Waals surface area contributed by atoms with Gasteiger partial charge in [-0.15, -0.1) is 10.2 Å². The number of carbonyl (C=O) groups is 1. The molecule has 5 nitrogen and oxygen atoms in total. The molecule has 0 aliphatic rings. The van der Waals surface area contributed by atoms with Gasteiger partial charge in [-0.3, -0.25) is 4.79 Å². The van der Waals surface area contributed by atoms with Crippen molar-refractivity contribution in [3.63, 3.8) is 0 Å². The van der Waals surface area contributed by atoms with E-state index in [1.165, 1.54) is 10.4 Å². The molecule has 0 unspecified atom stereocenters. The van der Waals surface area contributed by atoms with E-state index in [1.807, 2.05) is 48.5 Å². The number of benzene rings is 2. The van der Waals surface area contributed by atoms with Crippen molar-refractivity contribution in [2.24, 2.45) is 0 Å². The number of carbonyl (C=O) groups excluding carboxylic acids is 1. The fourth-order valence-electron chi connectivity index (χ4n) is 2.17. The molecule has 116 valence electrons. The van der Waals surface area contributed by atoms with Gasteiger partial charge in [0.15, 0.2) is 5.78 Å². The summed E-state index contributed by atoms with van der Waals surface area (Å²) < 4.78 is 0.986. The molecule has 2 aromatic carbocycles. The van der Waals surface area contributed by atoms with Crippen molar-refractivity contribution in [1.82, 2.24) is 20.2 Å². The third kappa shape index (κ3) is 3.71. The third-order valence-electron chi connectivity index (χ3n) is 3.52. The first kappa shape index (κ1) is 15.6. The Morgan fingerprint density at radius 3 is 2.43 bits per heavy atom. The number of tetrazole rings is 1. The van der Waals surface area contributed by atoms with E-state index in [0.29, 0.717) is 11.4 Å². The molecule has 1 heterocycles. The largest absolute Gasteiger partial charge is 0.292 e. The Morgan fingerprint density at radius 1 is 1.09 bits per heavy atom. The monoisotopic (exact) mass is 370 g/mol. The molecule has 3 rings (SSSR count). The molecule has 0 saturated heterocycles. The number of rotatable bonds is 5. The maximum Gasteiger partial charge on any atom is 0.204 e. The van der Waals surface area contributed by atoms with E-state index in [9.17, 15) is 4.79 Å². The van der Waals surface area contributed by atoms with Crippen LogP contribution in [0.25, 0.3) is 11.4 Å². The van der Waals surface area contributed by atoms with Crippen LogP contribution in [0.15, 0.2) is 53.0 Å². The number of hydrogen-bond donors (Lipinski definition) is 0. The van der Waals surface area contributed by atoms with Crippen LogP contribution in [0.5, 0.6) is 0 Å². The lowest BCUT2D eigenvalue weighted by Gasteiger charge is -2.01. The fraction of sp³-hybridized carbons (Fsp3) is 0.176. The normalized spacial score (nSPS) is 10.7. The summed E-state index contributed by atoms with van der Waals surface area (Å²) in [6.07, 6.45) is 0.954. The Bertz CT molecular complexity index is 809. The lowest BCUT2D eigenvalue weighted by Crippen LogP contribution is -2.13. The summed E-state index contributed by atoms with van der Waals surface area (Å²) in [6, 6.07) is 15.2. The lowest BCUT2D eigenvalue weighted by atomic mass is 10.1. The molecule has 6 heteroatoms. The van der Waals surface area contributed by atoms with Gasteiger partial charge in [0.1, 0.15) is 6.54 Å². The quantitative estimate of drug-likeness (QED) is 0.644. The Labute approximate surface area is 142 Å². The van der Waals surface area contributed by atoms with E-state index in [4.69, 9.17) is 0 Å². The van der Waals surface area contributed by atoms with E-state index in [0.717, 1.165) is 16.5 Å². The summed E-state index contributed by atoms with van der Waals surface area (Å²) in [5.74, 6) is 0.471. The Hall–Kier alpha value is -2.34. The molecule has 0 fully saturated rings. The van der Waals surface area contributed by atoms with Gasteiger partial charge in [0.2, 0.25) is 5.82 Å². The van der Waals surface area contributed by atoms with Crippen molar-refractivity contribution in [2.45, 2.75) is 19.9 Å². The van der Waals surface area contributed by atoms with Crippen LogP contribution in [0.2, 0.25) is 0 Å². The van der Waals surface area contributed by atoms with Crippen LogP contribution < -0.4 is 0 Å². The molecule has 0 aliphatic heterocycles. The second-order valence-electron chi connectivity index (χ2n) is 5.12. The number of hydrogen-bond acceptors (Lipinski definition) is 4. The fourth-order valence-corrected chi connectivity index (χ4v) is 2.44. The third-order valence-corrected chi connectivity index (χ3v) is 4.05. The molecule has 23 heavy (non-hydrogen) atoms. The highest BCUT2D eigenvalue weighted by molar-refractivity contribution is 9.10. The van der Waals surface area contributed by atoms with Crippen molar-refractivity contribution in [3.8, 4) is 11.4 Å². The van der Waals surface area contributed by atoms with Crippen LogP contribution in [0.1, 0.15) is 22.8 Å². The van der Waals surface area contributed by atoms with Gasteiger partial charge in [0.05, 0.1) is 0 Å². The first-order valence-electron chi connectivity index (χ1n) is 7.31. The first-order valence-corrected chi connectivity index (χ1v) is 8.11. The van der Waals surface area contributed by atoms with E-state index in [-0.39, 0.29) is 12.3 Å². The predicted octanol–water partition coefficient (Wildman–Crippen LogP) is 3.55. The Morgan fingerprint density at radius 2 is 1.78 bits per heavy atom. The molecule has 0 amide bonds. The SMILES string of the molecule is CCc1ccc(C(=O)Cn2nnc(-c3ccc(Br)cc3)n2)cc1. The van der Waals surface area contributed by atoms with Crippen LogP contribution in [0, 0.1) is 0 Å². The molecule has 0 saturated carbocycles. The van der Waals surface area contributed by atoms with Gasteiger partial charge >= 0.3 is 0 Å². The van der Waals surface area contributed by atoms with Gasteiger partial charge in [-0.25, -0.2) is 0 Å². The zero-order chi connectivity index (χ0) is 16.2.